The number of hydrogen-bond acceptors (Lipinski definition) is 1. The number of aryl methyl sites for hydroxylation is 2. The third-order valence-corrected chi connectivity index (χ3v) is 3.62. The second kappa shape index (κ2) is 3.55. The molecule has 0 aliphatic heterocycles. The summed E-state index contributed by atoms with van der Waals surface area (Å²) in [5, 5.41) is 1.23. The van der Waals surface area contributed by atoms with Crippen LogP contribution in [0.2, 0.25) is 0 Å². The first-order chi connectivity index (χ1) is 7.45. The van der Waals surface area contributed by atoms with Crippen LogP contribution in [0.25, 0.3) is 10.9 Å². The van der Waals surface area contributed by atoms with Crippen molar-refractivity contribution in [2.75, 3.05) is 5.73 Å². The van der Waals surface area contributed by atoms with Crippen LogP contribution in [0, 0.1) is 13.8 Å². The van der Waals surface area contributed by atoms with Crippen molar-refractivity contribution in [3.63, 3.8) is 0 Å². The van der Waals surface area contributed by atoms with E-state index in [1.54, 1.807) is 0 Å². The van der Waals surface area contributed by atoms with Gasteiger partial charge in [0.1, 0.15) is 0 Å². The fourth-order valence-electron chi connectivity index (χ4n) is 2.44. The quantitative estimate of drug-likeness (QED) is 0.727. The summed E-state index contributed by atoms with van der Waals surface area (Å²) in [6.07, 6.45) is 0. The lowest BCUT2D eigenvalue weighted by Crippen LogP contribution is -1.97. The molecule has 0 saturated heterocycles. The zero-order chi connectivity index (χ0) is 12.0. The van der Waals surface area contributed by atoms with Gasteiger partial charge in [0, 0.05) is 23.8 Å². The lowest BCUT2D eigenvalue weighted by molar-refractivity contribution is 0.846. The fourth-order valence-corrected chi connectivity index (χ4v) is 2.44. The first-order valence-electron chi connectivity index (χ1n) is 5.79. The summed E-state index contributed by atoms with van der Waals surface area (Å²) in [7, 11) is 2.12. The van der Waals surface area contributed by atoms with Gasteiger partial charge in [-0.2, -0.15) is 0 Å². The molecule has 0 spiro atoms. The molecule has 0 amide bonds. The Morgan fingerprint density at radius 3 is 2.38 bits per heavy atom. The summed E-state index contributed by atoms with van der Waals surface area (Å²) in [4.78, 5) is 0. The minimum atomic E-state index is 0.524. The average Bonchev–Trinajstić information content (AvgIpc) is 2.45. The predicted molar refractivity (Wildman–Crippen MR) is 70.9 cm³/mol. The number of nitrogens with zero attached hydrogens (tertiary/aromatic N) is 1. The highest BCUT2D eigenvalue weighted by Crippen LogP contribution is 2.34. The fraction of sp³-hybridized carbons (Fsp3) is 0.429. The van der Waals surface area contributed by atoms with Crippen LogP contribution in [-0.4, -0.2) is 4.57 Å². The van der Waals surface area contributed by atoms with Crippen molar-refractivity contribution in [3.8, 4) is 0 Å². The second-order valence-electron chi connectivity index (χ2n) is 4.89. The van der Waals surface area contributed by atoms with Crippen LogP contribution < -0.4 is 5.73 Å². The van der Waals surface area contributed by atoms with Crippen molar-refractivity contribution < 1.29 is 0 Å². The van der Waals surface area contributed by atoms with Crippen LogP contribution in [0.4, 0.5) is 5.69 Å². The van der Waals surface area contributed by atoms with E-state index >= 15 is 0 Å². The van der Waals surface area contributed by atoms with Crippen molar-refractivity contribution in [1.82, 2.24) is 4.57 Å². The molecule has 2 N–H and O–H groups in total. The van der Waals surface area contributed by atoms with Crippen LogP contribution in [0.3, 0.4) is 0 Å². The summed E-state index contributed by atoms with van der Waals surface area (Å²) in [5.41, 5.74) is 12.3. The maximum atomic E-state index is 6.09. The molecule has 2 nitrogen and oxygen atoms in total. The van der Waals surface area contributed by atoms with Crippen LogP contribution in [0.1, 0.15) is 36.6 Å². The van der Waals surface area contributed by atoms with Crippen LogP contribution >= 0.6 is 0 Å². The van der Waals surface area contributed by atoms with E-state index in [9.17, 15) is 0 Å². The monoisotopic (exact) mass is 216 g/mol. The molecule has 0 bridgehead atoms. The second-order valence-corrected chi connectivity index (χ2v) is 4.89. The van der Waals surface area contributed by atoms with E-state index < -0.39 is 0 Å². The zero-order valence-corrected chi connectivity index (χ0v) is 10.8. The zero-order valence-electron chi connectivity index (χ0n) is 10.8. The van der Waals surface area contributed by atoms with Gasteiger partial charge < -0.3 is 10.3 Å². The normalized spacial score (nSPS) is 11.6. The minimum Gasteiger partial charge on any atom is -0.398 e. The van der Waals surface area contributed by atoms with Gasteiger partial charge in [-0.1, -0.05) is 19.9 Å². The summed E-state index contributed by atoms with van der Waals surface area (Å²) in [6, 6.07) is 4.19. The smallest absolute Gasteiger partial charge is 0.0538 e. The highest BCUT2D eigenvalue weighted by Gasteiger charge is 2.15. The van der Waals surface area contributed by atoms with Crippen molar-refractivity contribution in [2.45, 2.75) is 33.6 Å². The molecule has 0 saturated carbocycles. The maximum Gasteiger partial charge on any atom is 0.0538 e. The number of aromatic nitrogens is 1. The maximum absolute atomic E-state index is 6.09. The molecule has 0 aliphatic rings. The molecule has 2 heteroatoms. The van der Waals surface area contributed by atoms with Crippen molar-refractivity contribution in [3.05, 3.63) is 29.0 Å². The van der Waals surface area contributed by atoms with Crippen LogP contribution in [0.15, 0.2) is 12.1 Å². The first kappa shape index (κ1) is 11.1. The van der Waals surface area contributed by atoms with Gasteiger partial charge in [0.25, 0.3) is 0 Å². The number of fused-ring (bicyclic) bond motifs is 1. The standard InChI is InChI=1S/C14H20N2/c1-8(2)11-6-7-12(15)13-9(3)10(4)16(5)14(11)13/h6-8H,15H2,1-5H3. The van der Waals surface area contributed by atoms with E-state index in [0.29, 0.717) is 5.92 Å². The SMILES string of the molecule is Cc1c(C)n(C)c2c(C(C)C)ccc(N)c12. The molecule has 0 radical (unpaired) electrons. The van der Waals surface area contributed by atoms with E-state index in [1.807, 2.05) is 6.07 Å². The van der Waals surface area contributed by atoms with Crippen LogP contribution in [-0.2, 0) is 7.05 Å². The average molecular weight is 216 g/mol. The van der Waals surface area contributed by atoms with Crippen molar-refractivity contribution >= 4 is 16.6 Å². The number of rotatable bonds is 1. The number of benzene rings is 1. The number of nitrogens with two attached hydrogens (primary N) is 1. The number of hydrogen-bond donors (Lipinski definition) is 1. The van der Waals surface area contributed by atoms with Gasteiger partial charge in [-0.15, -0.1) is 0 Å². The highest BCUT2D eigenvalue weighted by atomic mass is 14.9. The van der Waals surface area contributed by atoms with E-state index in [1.165, 1.54) is 27.7 Å². The number of nitrogen functional groups attached to an aromatic ring is 1. The largest absolute Gasteiger partial charge is 0.398 e. The van der Waals surface area contributed by atoms with E-state index in [-0.39, 0.29) is 0 Å². The molecule has 1 aromatic heterocycles. The van der Waals surface area contributed by atoms with Crippen molar-refractivity contribution in [2.24, 2.45) is 7.05 Å². The van der Waals surface area contributed by atoms with E-state index in [4.69, 9.17) is 5.73 Å². The summed E-state index contributed by atoms with van der Waals surface area (Å²) in [6.45, 7) is 8.75. The Bertz CT molecular complexity index is 548. The Balaban J connectivity index is 2.99. The lowest BCUT2D eigenvalue weighted by atomic mass is 9.98. The van der Waals surface area contributed by atoms with Crippen LogP contribution in [0.5, 0.6) is 0 Å². The van der Waals surface area contributed by atoms with Gasteiger partial charge in [0.15, 0.2) is 0 Å². The van der Waals surface area contributed by atoms with Gasteiger partial charge in [-0.05, 0) is 37.0 Å². The van der Waals surface area contributed by atoms with E-state index in [0.717, 1.165) is 5.69 Å². The third-order valence-electron chi connectivity index (χ3n) is 3.62. The molecule has 0 aliphatic carbocycles. The predicted octanol–water partition coefficient (Wildman–Crippen LogP) is 3.50. The van der Waals surface area contributed by atoms with Crippen molar-refractivity contribution in [1.29, 1.82) is 0 Å². The molecule has 1 heterocycles. The molecule has 2 aromatic rings. The lowest BCUT2D eigenvalue weighted by Gasteiger charge is -2.11. The molecule has 2 rings (SSSR count). The molecule has 1 aromatic carbocycles. The Morgan fingerprint density at radius 1 is 1.19 bits per heavy atom. The number of anilines is 1. The Morgan fingerprint density at radius 2 is 1.81 bits per heavy atom. The van der Waals surface area contributed by atoms with Gasteiger partial charge in [-0.3, -0.25) is 0 Å². The molecule has 0 atom stereocenters. The molecule has 86 valence electrons. The molecule has 0 fully saturated rings. The Hall–Kier alpha value is -1.44. The van der Waals surface area contributed by atoms with Gasteiger partial charge >= 0.3 is 0 Å². The topological polar surface area (TPSA) is 30.9 Å². The molecule has 16 heavy (non-hydrogen) atoms. The van der Waals surface area contributed by atoms with E-state index in [2.05, 4.69) is 45.4 Å². The third kappa shape index (κ3) is 1.33. The first-order valence-corrected chi connectivity index (χ1v) is 5.79. The Kier molecular flexibility index (Phi) is 2.45. The molecular formula is C14H20N2. The van der Waals surface area contributed by atoms with Gasteiger partial charge in [-0.25, -0.2) is 0 Å². The summed E-state index contributed by atoms with van der Waals surface area (Å²) in [5.74, 6) is 0.524. The van der Waals surface area contributed by atoms with Gasteiger partial charge in [0.2, 0.25) is 0 Å². The van der Waals surface area contributed by atoms with Gasteiger partial charge in [0.05, 0.1) is 5.52 Å². The summed E-state index contributed by atoms with van der Waals surface area (Å²) >= 11 is 0. The Labute approximate surface area is 97.1 Å². The molecule has 0 unspecified atom stereocenters. The minimum absolute atomic E-state index is 0.524. The highest BCUT2D eigenvalue weighted by molar-refractivity contribution is 5.97. The summed E-state index contributed by atoms with van der Waals surface area (Å²) < 4.78 is 2.26. The molecular weight excluding hydrogens is 196 g/mol.